The maximum Gasteiger partial charge on any atom is 0.408 e. The zero-order valence-corrected chi connectivity index (χ0v) is 16.3. The molecule has 0 aromatic carbocycles. The number of nitrogens with zero attached hydrogens (tertiary/aromatic N) is 2. The molecule has 2 rings (SSSR count). The van der Waals surface area contributed by atoms with Crippen LogP contribution in [0.25, 0.3) is 0 Å². The van der Waals surface area contributed by atoms with E-state index in [-0.39, 0.29) is 17.7 Å². The number of piperidine rings is 1. The van der Waals surface area contributed by atoms with E-state index in [1.807, 2.05) is 6.07 Å². The Morgan fingerprint density at radius 2 is 1.89 bits per heavy atom. The van der Waals surface area contributed by atoms with E-state index in [4.69, 9.17) is 4.74 Å². The maximum absolute atomic E-state index is 12.5. The molecule has 27 heavy (non-hydrogen) atoms. The molecule has 1 aliphatic rings. The lowest BCUT2D eigenvalue weighted by Crippen LogP contribution is -2.50. The van der Waals surface area contributed by atoms with Crippen LogP contribution in [0.4, 0.5) is 10.6 Å². The summed E-state index contributed by atoms with van der Waals surface area (Å²) < 4.78 is 5.17. The highest BCUT2D eigenvalue weighted by Crippen LogP contribution is 2.19. The first kappa shape index (κ1) is 20.7. The van der Waals surface area contributed by atoms with Crippen LogP contribution in [0.1, 0.15) is 40.5 Å². The normalized spacial score (nSPS) is 16.4. The molecule has 0 aliphatic carbocycles. The van der Waals surface area contributed by atoms with E-state index in [1.165, 1.54) is 0 Å². The number of nitrogens with one attached hydrogen (secondary N) is 2. The van der Waals surface area contributed by atoms with E-state index in [2.05, 4.69) is 15.6 Å². The Labute approximate surface area is 159 Å². The summed E-state index contributed by atoms with van der Waals surface area (Å²) in [5.41, 5.74) is -0.619. The molecule has 148 valence electrons. The van der Waals surface area contributed by atoms with Crippen LogP contribution in [0.3, 0.4) is 0 Å². The fourth-order valence-corrected chi connectivity index (χ4v) is 2.85. The van der Waals surface area contributed by atoms with Gasteiger partial charge in [-0.2, -0.15) is 0 Å². The Morgan fingerprint density at radius 3 is 2.44 bits per heavy atom. The van der Waals surface area contributed by atoms with Gasteiger partial charge in [-0.1, -0.05) is 6.07 Å². The van der Waals surface area contributed by atoms with Crippen molar-refractivity contribution in [3.8, 4) is 0 Å². The van der Waals surface area contributed by atoms with Crippen molar-refractivity contribution in [3.05, 3.63) is 24.4 Å². The molecule has 1 saturated heterocycles. The molecule has 8 heteroatoms. The smallest absolute Gasteiger partial charge is 0.408 e. The van der Waals surface area contributed by atoms with Gasteiger partial charge in [-0.25, -0.2) is 9.78 Å². The van der Waals surface area contributed by atoms with E-state index in [1.54, 1.807) is 50.9 Å². The number of amides is 3. The van der Waals surface area contributed by atoms with Gasteiger partial charge in [-0.15, -0.1) is 0 Å². The van der Waals surface area contributed by atoms with Gasteiger partial charge in [0.05, 0.1) is 0 Å². The largest absolute Gasteiger partial charge is 0.444 e. The minimum Gasteiger partial charge on any atom is -0.444 e. The second-order valence-corrected chi connectivity index (χ2v) is 7.67. The standard InChI is InChI=1S/C19H28N4O4/c1-13(21-18(26)27-19(2,3)4)17(25)23-11-8-14(9-12-23)16(24)22-15-7-5-6-10-20-15/h5-7,10,13-14H,8-9,11-12H2,1-4H3,(H,21,26)(H,20,22,24)/t13-/m1/s1. The lowest BCUT2D eigenvalue weighted by Gasteiger charge is -2.33. The average molecular weight is 376 g/mol. The van der Waals surface area contributed by atoms with E-state index < -0.39 is 17.7 Å². The van der Waals surface area contributed by atoms with Crippen molar-refractivity contribution in [1.82, 2.24) is 15.2 Å². The highest BCUT2D eigenvalue weighted by molar-refractivity contribution is 5.92. The van der Waals surface area contributed by atoms with Crippen LogP contribution in [-0.2, 0) is 14.3 Å². The average Bonchev–Trinajstić information content (AvgIpc) is 2.60. The zero-order valence-electron chi connectivity index (χ0n) is 16.3. The van der Waals surface area contributed by atoms with E-state index in [0.717, 1.165) is 0 Å². The number of anilines is 1. The fourth-order valence-electron chi connectivity index (χ4n) is 2.85. The third-order valence-electron chi connectivity index (χ3n) is 4.20. The van der Waals surface area contributed by atoms with Crippen molar-refractivity contribution >= 4 is 23.7 Å². The molecular formula is C19H28N4O4. The summed E-state index contributed by atoms with van der Waals surface area (Å²) in [6.07, 6.45) is 2.15. The number of pyridine rings is 1. The number of aromatic nitrogens is 1. The van der Waals surface area contributed by atoms with Crippen LogP contribution in [0.15, 0.2) is 24.4 Å². The number of rotatable bonds is 4. The van der Waals surface area contributed by atoms with Gasteiger partial charge in [0.1, 0.15) is 17.5 Å². The number of hydrogen-bond donors (Lipinski definition) is 2. The third kappa shape index (κ3) is 6.54. The van der Waals surface area contributed by atoms with Crippen LogP contribution in [0.2, 0.25) is 0 Å². The minimum absolute atomic E-state index is 0.0827. The minimum atomic E-state index is -0.682. The first-order chi connectivity index (χ1) is 12.7. The van der Waals surface area contributed by atoms with Gasteiger partial charge in [0.15, 0.2) is 0 Å². The Morgan fingerprint density at radius 1 is 1.22 bits per heavy atom. The van der Waals surface area contributed by atoms with Crippen molar-refractivity contribution in [2.45, 2.75) is 52.2 Å². The second-order valence-electron chi connectivity index (χ2n) is 7.67. The van der Waals surface area contributed by atoms with Crippen molar-refractivity contribution in [1.29, 1.82) is 0 Å². The number of carbonyl (C=O) groups is 3. The Bertz CT molecular complexity index is 664. The molecule has 2 heterocycles. The lowest BCUT2D eigenvalue weighted by atomic mass is 9.95. The van der Waals surface area contributed by atoms with Crippen LogP contribution in [0, 0.1) is 5.92 Å². The molecule has 1 aromatic rings. The molecule has 0 unspecified atom stereocenters. The van der Waals surface area contributed by atoms with E-state index >= 15 is 0 Å². The molecule has 0 radical (unpaired) electrons. The number of carbonyl (C=O) groups excluding carboxylic acids is 3. The molecule has 8 nitrogen and oxygen atoms in total. The van der Waals surface area contributed by atoms with Crippen LogP contribution >= 0.6 is 0 Å². The van der Waals surface area contributed by atoms with Gasteiger partial charge in [0.25, 0.3) is 0 Å². The van der Waals surface area contributed by atoms with Gasteiger partial charge in [0.2, 0.25) is 11.8 Å². The number of alkyl carbamates (subject to hydrolysis) is 1. The van der Waals surface area contributed by atoms with Crippen LogP contribution in [0.5, 0.6) is 0 Å². The molecular weight excluding hydrogens is 348 g/mol. The molecule has 1 atom stereocenters. The summed E-state index contributed by atoms with van der Waals surface area (Å²) >= 11 is 0. The van der Waals surface area contributed by atoms with Crippen LogP contribution < -0.4 is 10.6 Å². The van der Waals surface area contributed by atoms with Crippen LogP contribution in [-0.4, -0.2) is 52.5 Å². The van der Waals surface area contributed by atoms with E-state index in [0.29, 0.717) is 31.7 Å². The van der Waals surface area contributed by atoms with Crippen molar-refractivity contribution in [3.63, 3.8) is 0 Å². The molecule has 2 N–H and O–H groups in total. The highest BCUT2D eigenvalue weighted by atomic mass is 16.6. The topological polar surface area (TPSA) is 101 Å². The molecule has 3 amide bonds. The molecule has 0 bridgehead atoms. The molecule has 0 saturated carbocycles. The monoisotopic (exact) mass is 376 g/mol. The van der Waals surface area contributed by atoms with Crippen molar-refractivity contribution < 1.29 is 19.1 Å². The van der Waals surface area contributed by atoms with Crippen molar-refractivity contribution in [2.24, 2.45) is 5.92 Å². The Balaban J connectivity index is 1.79. The fraction of sp³-hybridized carbons (Fsp3) is 0.579. The summed E-state index contributed by atoms with van der Waals surface area (Å²) in [7, 11) is 0. The number of ether oxygens (including phenoxy) is 1. The number of hydrogen-bond acceptors (Lipinski definition) is 5. The van der Waals surface area contributed by atoms with Gasteiger partial charge >= 0.3 is 6.09 Å². The maximum atomic E-state index is 12.5. The summed E-state index contributed by atoms with van der Waals surface area (Å²) in [5.74, 6) is 0.103. The van der Waals surface area contributed by atoms with E-state index in [9.17, 15) is 14.4 Å². The lowest BCUT2D eigenvalue weighted by molar-refractivity contribution is -0.136. The molecule has 1 fully saturated rings. The first-order valence-electron chi connectivity index (χ1n) is 9.16. The van der Waals surface area contributed by atoms with Gasteiger partial charge in [0, 0.05) is 25.2 Å². The zero-order chi connectivity index (χ0) is 20.0. The second kappa shape index (κ2) is 8.83. The summed E-state index contributed by atoms with van der Waals surface area (Å²) in [4.78, 5) is 42.4. The highest BCUT2D eigenvalue weighted by Gasteiger charge is 2.30. The number of likely N-dealkylation sites (tertiary alicyclic amines) is 1. The summed E-state index contributed by atoms with van der Waals surface area (Å²) in [6, 6.07) is 4.65. The summed E-state index contributed by atoms with van der Waals surface area (Å²) in [5, 5.41) is 5.36. The SMILES string of the molecule is C[C@@H](NC(=O)OC(C)(C)C)C(=O)N1CCC(C(=O)Nc2ccccn2)CC1. The molecule has 0 spiro atoms. The quantitative estimate of drug-likeness (QED) is 0.839. The Kier molecular flexibility index (Phi) is 6.76. The Hall–Kier alpha value is -2.64. The van der Waals surface area contributed by atoms with Gasteiger partial charge in [-0.3, -0.25) is 9.59 Å². The molecule has 1 aromatic heterocycles. The predicted octanol–water partition coefficient (Wildman–Crippen LogP) is 2.17. The predicted molar refractivity (Wildman–Crippen MR) is 101 cm³/mol. The molecule has 1 aliphatic heterocycles. The van der Waals surface area contributed by atoms with Gasteiger partial charge in [-0.05, 0) is 52.7 Å². The first-order valence-corrected chi connectivity index (χ1v) is 9.16. The third-order valence-corrected chi connectivity index (χ3v) is 4.20. The van der Waals surface area contributed by atoms with Gasteiger partial charge < -0.3 is 20.3 Å². The van der Waals surface area contributed by atoms with Crippen molar-refractivity contribution in [2.75, 3.05) is 18.4 Å². The summed E-state index contributed by atoms with van der Waals surface area (Å²) in [6.45, 7) is 7.87.